The topological polar surface area (TPSA) is 32.7 Å². The standard InChI is InChI=1S/C30H44N2O/c1-6-8-9-10-18-30(33)32(21-7-2)22-14-13-16-27-20-19-24(3)28(23-27)26(5)31-29-17-12-11-15-25(29)4/h11-12,15,17,19-20,23H,6-10,13-14,16,18,21-22H2,1-5H3. The predicted molar refractivity (Wildman–Crippen MR) is 143 cm³/mol. The number of carbonyl (C=O) groups excluding carboxylic acids is 1. The van der Waals surface area contributed by atoms with Gasteiger partial charge in [0.2, 0.25) is 5.91 Å². The molecule has 0 unspecified atom stereocenters. The molecule has 2 rings (SSSR count). The Balaban J connectivity index is 1.92. The van der Waals surface area contributed by atoms with Crippen molar-refractivity contribution in [2.75, 3.05) is 13.1 Å². The fourth-order valence-corrected chi connectivity index (χ4v) is 4.27. The van der Waals surface area contributed by atoms with Crippen LogP contribution >= 0.6 is 0 Å². The van der Waals surface area contributed by atoms with Crippen LogP contribution in [0.3, 0.4) is 0 Å². The molecular formula is C30H44N2O. The molecule has 1 amide bonds. The van der Waals surface area contributed by atoms with Crippen LogP contribution in [0.25, 0.3) is 0 Å². The highest BCUT2D eigenvalue weighted by atomic mass is 16.2. The molecule has 0 radical (unpaired) electrons. The van der Waals surface area contributed by atoms with Gasteiger partial charge in [0.15, 0.2) is 0 Å². The van der Waals surface area contributed by atoms with Gasteiger partial charge in [0.05, 0.1) is 5.69 Å². The van der Waals surface area contributed by atoms with E-state index in [0.29, 0.717) is 12.3 Å². The van der Waals surface area contributed by atoms with Crippen LogP contribution in [0.1, 0.15) is 94.4 Å². The van der Waals surface area contributed by atoms with Crippen LogP contribution in [0.2, 0.25) is 0 Å². The van der Waals surface area contributed by atoms with Crippen molar-refractivity contribution in [3.8, 4) is 0 Å². The average Bonchev–Trinajstić information content (AvgIpc) is 2.81. The summed E-state index contributed by atoms with van der Waals surface area (Å²) in [5.74, 6) is 0.341. The number of unbranched alkanes of at least 4 members (excludes halogenated alkanes) is 4. The molecule has 3 nitrogen and oxygen atoms in total. The average molecular weight is 449 g/mol. The fraction of sp³-hybridized carbons (Fsp3) is 0.533. The van der Waals surface area contributed by atoms with Gasteiger partial charge in [-0.15, -0.1) is 0 Å². The van der Waals surface area contributed by atoms with Gasteiger partial charge in [-0.1, -0.05) is 63.4 Å². The largest absolute Gasteiger partial charge is 0.343 e. The van der Waals surface area contributed by atoms with Gasteiger partial charge in [-0.05, 0) is 87.3 Å². The van der Waals surface area contributed by atoms with Gasteiger partial charge >= 0.3 is 0 Å². The molecule has 0 aliphatic carbocycles. The Hall–Kier alpha value is -2.42. The molecule has 0 aliphatic heterocycles. The smallest absolute Gasteiger partial charge is 0.222 e. The van der Waals surface area contributed by atoms with Crippen LogP contribution in [0.5, 0.6) is 0 Å². The molecule has 0 aromatic heterocycles. The second kappa shape index (κ2) is 14.7. The molecule has 2 aromatic rings. The van der Waals surface area contributed by atoms with Crippen molar-refractivity contribution in [2.45, 2.75) is 92.4 Å². The first-order chi connectivity index (χ1) is 16.0. The number of benzene rings is 2. The number of amides is 1. The van der Waals surface area contributed by atoms with E-state index in [9.17, 15) is 4.79 Å². The van der Waals surface area contributed by atoms with Crippen molar-refractivity contribution in [3.63, 3.8) is 0 Å². The zero-order valence-electron chi connectivity index (χ0n) is 21.6. The molecule has 0 aliphatic rings. The summed E-state index contributed by atoms with van der Waals surface area (Å²) in [6.07, 6.45) is 9.57. The molecule has 0 saturated heterocycles. The first-order valence-corrected chi connectivity index (χ1v) is 12.9. The number of nitrogens with zero attached hydrogens (tertiary/aromatic N) is 2. The Labute approximate surface area is 202 Å². The monoisotopic (exact) mass is 448 g/mol. The van der Waals surface area contributed by atoms with Crippen molar-refractivity contribution in [1.82, 2.24) is 4.90 Å². The second-order valence-corrected chi connectivity index (χ2v) is 9.28. The molecular weight excluding hydrogens is 404 g/mol. The van der Waals surface area contributed by atoms with Crippen LogP contribution in [0.15, 0.2) is 47.5 Å². The summed E-state index contributed by atoms with van der Waals surface area (Å²) in [5.41, 5.74) is 7.13. The predicted octanol–water partition coefficient (Wildman–Crippen LogP) is 7.98. The summed E-state index contributed by atoms with van der Waals surface area (Å²) in [4.78, 5) is 19.6. The quantitative estimate of drug-likeness (QED) is 0.213. The number of carbonyl (C=O) groups is 1. The Bertz CT molecular complexity index is 900. The molecule has 0 bridgehead atoms. The third-order valence-electron chi connectivity index (χ3n) is 6.33. The van der Waals surface area contributed by atoms with Crippen molar-refractivity contribution < 1.29 is 4.79 Å². The van der Waals surface area contributed by atoms with Gasteiger partial charge in [0.1, 0.15) is 0 Å². The highest BCUT2D eigenvalue weighted by molar-refractivity contribution is 6.01. The maximum absolute atomic E-state index is 12.6. The lowest BCUT2D eigenvalue weighted by Crippen LogP contribution is -2.32. The van der Waals surface area contributed by atoms with Gasteiger partial charge in [-0.3, -0.25) is 9.79 Å². The van der Waals surface area contributed by atoms with E-state index < -0.39 is 0 Å². The first kappa shape index (κ1) is 26.8. The summed E-state index contributed by atoms with van der Waals surface area (Å²) in [6.45, 7) is 12.5. The number of aliphatic imine (C=N–C) groups is 1. The fourth-order valence-electron chi connectivity index (χ4n) is 4.27. The Kier molecular flexibility index (Phi) is 11.9. The van der Waals surface area contributed by atoms with Crippen LogP contribution < -0.4 is 0 Å². The zero-order chi connectivity index (χ0) is 24.1. The number of para-hydroxylation sites is 1. The molecule has 33 heavy (non-hydrogen) atoms. The van der Waals surface area contributed by atoms with Gasteiger partial charge in [0.25, 0.3) is 0 Å². The van der Waals surface area contributed by atoms with Crippen molar-refractivity contribution in [3.05, 3.63) is 64.7 Å². The molecule has 180 valence electrons. The van der Waals surface area contributed by atoms with E-state index in [0.717, 1.165) is 56.6 Å². The van der Waals surface area contributed by atoms with E-state index >= 15 is 0 Å². The first-order valence-electron chi connectivity index (χ1n) is 12.9. The van der Waals surface area contributed by atoms with Gasteiger partial charge in [-0.2, -0.15) is 0 Å². The summed E-state index contributed by atoms with van der Waals surface area (Å²) in [7, 11) is 0. The Morgan fingerprint density at radius 2 is 1.64 bits per heavy atom. The Morgan fingerprint density at radius 3 is 2.36 bits per heavy atom. The van der Waals surface area contributed by atoms with Crippen molar-refractivity contribution in [1.29, 1.82) is 0 Å². The van der Waals surface area contributed by atoms with E-state index in [1.165, 1.54) is 41.5 Å². The zero-order valence-corrected chi connectivity index (χ0v) is 21.6. The summed E-state index contributed by atoms with van der Waals surface area (Å²) in [6, 6.07) is 15.0. The minimum absolute atomic E-state index is 0.341. The van der Waals surface area contributed by atoms with E-state index in [2.05, 4.69) is 75.9 Å². The number of hydrogen-bond acceptors (Lipinski definition) is 2. The molecule has 0 atom stereocenters. The summed E-state index contributed by atoms with van der Waals surface area (Å²) >= 11 is 0. The van der Waals surface area contributed by atoms with E-state index in [4.69, 9.17) is 4.99 Å². The minimum Gasteiger partial charge on any atom is -0.343 e. The second-order valence-electron chi connectivity index (χ2n) is 9.28. The molecule has 0 heterocycles. The summed E-state index contributed by atoms with van der Waals surface area (Å²) in [5, 5.41) is 0. The molecule has 3 heteroatoms. The summed E-state index contributed by atoms with van der Waals surface area (Å²) < 4.78 is 0. The van der Waals surface area contributed by atoms with E-state index in [1.807, 2.05) is 6.07 Å². The number of hydrogen-bond donors (Lipinski definition) is 0. The third-order valence-corrected chi connectivity index (χ3v) is 6.33. The van der Waals surface area contributed by atoms with Crippen LogP contribution in [0, 0.1) is 13.8 Å². The van der Waals surface area contributed by atoms with Crippen LogP contribution in [-0.4, -0.2) is 29.6 Å². The molecule has 0 spiro atoms. The Morgan fingerprint density at radius 1 is 0.848 bits per heavy atom. The number of rotatable bonds is 14. The van der Waals surface area contributed by atoms with Crippen molar-refractivity contribution >= 4 is 17.3 Å². The third kappa shape index (κ3) is 9.15. The normalized spacial score (nSPS) is 11.6. The minimum atomic E-state index is 0.341. The van der Waals surface area contributed by atoms with Gasteiger partial charge in [-0.25, -0.2) is 0 Å². The lowest BCUT2D eigenvalue weighted by atomic mass is 9.98. The molecule has 0 N–H and O–H groups in total. The van der Waals surface area contributed by atoms with Gasteiger partial charge < -0.3 is 4.90 Å². The number of aryl methyl sites for hydroxylation is 3. The molecule has 2 aromatic carbocycles. The highest BCUT2D eigenvalue weighted by Crippen LogP contribution is 2.21. The van der Waals surface area contributed by atoms with Crippen LogP contribution in [0.4, 0.5) is 5.69 Å². The highest BCUT2D eigenvalue weighted by Gasteiger charge is 2.12. The SMILES string of the molecule is CCCCCCC(=O)N(CCC)CCCCc1ccc(C)c(C(C)=Nc2ccccc2C)c1. The maximum atomic E-state index is 12.6. The maximum Gasteiger partial charge on any atom is 0.222 e. The van der Waals surface area contributed by atoms with E-state index in [1.54, 1.807) is 0 Å². The molecule has 0 saturated carbocycles. The lowest BCUT2D eigenvalue weighted by molar-refractivity contribution is -0.131. The van der Waals surface area contributed by atoms with Gasteiger partial charge in [0, 0.05) is 25.2 Å². The van der Waals surface area contributed by atoms with Crippen LogP contribution in [-0.2, 0) is 11.2 Å². The van der Waals surface area contributed by atoms with E-state index in [-0.39, 0.29) is 0 Å². The van der Waals surface area contributed by atoms with Crippen molar-refractivity contribution in [2.24, 2.45) is 4.99 Å². The lowest BCUT2D eigenvalue weighted by Gasteiger charge is -2.22. The molecule has 0 fully saturated rings.